The Morgan fingerprint density at radius 1 is 1.27 bits per heavy atom. The average molecular weight is 417 g/mol. The second kappa shape index (κ2) is 7.30. The van der Waals surface area contributed by atoms with E-state index in [4.69, 9.17) is 9.47 Å². The number of nitrogens with one attached hydrogen (secondary N) is 1. The number of ether oxygens (including phenoxy) is 2. The van der Waals surface area contributed by atoms with E-state index in [9.17, 15) is 18.0 Å². The summed E-state index contributed by atoms with van der Waals surface area (Å²) < 4.78 is 50.4. The largest absolute Gasteiger partial charge is 0.493 e. The second-order valence-electron chi connectivity index (χ2n) is 8.20. The van der Waals surface area contributed by atoms with Crippen molar-refractivity contribution in [1.29, 1.82) is 0 Å². The van der Waals surface area contributed by atoms with Crippen LogP contribution in [0.1, 0.15) is 36.8 Å². The van der Waals surface area contributed by atoms with E-state index in [1.165, 1.54) is 17.7 Å². The number of epoxide rings is 1. The predicted octanol–water partition coefficient (Wildman–Crippen LogP) is 4.42. The van der Waals surface area contributed by atoms with Crippen LogP contribution in [0.25, 0.3) is 5.57 Å². The topological polar surface area (TPSA) is 50.9 Å². The van der Waals surface area contributed by atoms with Crippen LogP contribution in [-0.2, 0) is 15.7 Å². The van der Waals surface area contributed by atoms with Gasteiger partial charge >= 0.3 is 6.18 Å². The molecule has 1 N–H and O–H groups in total. The number of fused-ring (bicyclic) bond motifs is 4. The summed E-state index contributed by atoms with van der Waals surface area (Å²) in [5, 5.41) is 3.09. The number of hydrogen-bond acceptors (Lipinski definition) is 3. The number of allylic oxidation sites excluding steroid dienone is 4. The molecule has 4 atom stereocenters. The molecule has 0 radical (unpaired) electrons. The molecule has 7 heteroatoms. The van der Waals surface area contributed by atoms with Crippen LogP contribution in [-0.4, -0.2) is 30.8 Å². The van der Waals surface area contributed by atoms with Crippen LogP contribution >= 0.6 is 0 Å². The highest BCUT2D eigenvalue weighted by atomic mass is 19.4. The summed E-state index contributed by atoms with van der Waals surface area (Å²) in [5.41, 5.74) is 1.68. The van der Waals surface area contributed by atoms with Crippen molar-refractivity contribution in [3.05, 3.63) is 59.2 Å². The zero-order valence-corrected chi connectivity index (χ0v) is 16.2. The molecule has 1 saturated carbocycles. The van der Waals surface area contributed by atoms with E-state index in [1.807, 2.05) is 6.08 Å². The van der Waals surface area contributed by atoms with Crippen molar-refractivity contribution in [3.8, 4) is 5.75 Å². The fourth-order valence-corrected chi connectivity index (χ4v) is 4.76. The van der Waals surface area contributed by atoms with Gasteiger partial charge in [0.1, 0.15) is 5.75 Å². The fraction of sp³-hybridized carbons (Fsp3) is 0.435. The van der Waals surface area contributed by atoms with Gasteiger partial charge in [-0.05, 0) is 42.5 Å². The summed E-state index contributed by atoms with van der Waals surface area (Å²) >= 11 is 0. The summed E-state index contributed by atoms with van der Waals surface area (Å²) in [6.45, 7) is 0.317. The Morgan fingerprint density at radius 2 is 2.13 bits per heavy atom. The standard InChI is InChI=1S/C23H22F3NO3/c24-23(25,26)14-7-8-15-13(4-3-9-29-19(15)11-14)10-21(28)27-18-12-20-22(30-20)17-6-2-1-5-16(17)18/h1-2,5,7-8,10-11,17-18,20,22H,3-4,6,9,12H2,(H,27,28)/b13-10+. The van der Waals surface area contributed by atoms with Crippen molar-refractivity contribution in [2.24, 2.45) is 5.92 Å². The molecule has 1 aromatic rings. The second-order valence-corrected chi connectivity index (χ2v) is 8.20. The summed E-state index contributed by atoms with van der Waals surface area (Å²) in [4.78, 5) is 12.8. The highest BCUT2D eigenvalue weighted by Gasteiger charge is 2.52. The molecule has 0 spiro atoms. The van der Waals surface area contributed by atoms with Crippen LogP contribution in [0.5, 0.6) is 5.75 Å². The number of alkyl halides is 3. The van der Waals surface area contributed by atoms with Crippen LogP contribution in [0.3, 0.4) is 0 Å². The first-order valence-electron chi connectivity index (χ1n) is 10.3. The molecule has 1 amide bonds. The van der Waals surface area contributed by atoms with Crippen LogP contribution in [0.2, 0.25) is 0 Å². The van der Waals surface area contributed by atoms with E-state index >= 15 is 0 Å². The van der Waals surface area contributed by atoms with Gasteiger partial charge in [-0.25, -0.2) is 0 Å². The van der Waals surface area contributed by atoms with E-state index in [2.05, 4.69) is 17.5 Å². The normalized spacial score (nSPS) is 30.9. The van der Waals surface area contributed by atoms with Crippen molar-refractivity contribution in [1.82, 2.24) is 5.32 Å². The van der Waals surface area contributed by atoms with Gasteiger partial charge in [0.2, 0.25) is 5.91 Å². The van der Waals surface area contributed by atoms with E-state index in [0.717, 1.165) is 25.0 Å². The molecular weight excluding hydrogens is 395 g/mol. The van der Waals surface area contributed by atoms with Crippen LogP contribution in [0, 0.1) is 5.92 Å². The minimum absolute atomic E-state index is 0.0813. The molecule has 2 aliphatic carbocycles. The maximum Gasteiger partial charge on any atom is 0.416 e. The number of rotatable bonds is 2. The SMILES string of the molecule is O=C(/C=C1\CCCOc2cc(C(F)(F)F)ccc21)NC1CC2OC2C2CC=CC=C12. The highest BCUT2D eigenvalue weighted by molar-refractivity contribution is 5.96. The number of halogens is 3. The van der Waals surface area contributed by atoms with Gasteiger partial charge in [-0.2, -0.15) is 13.2 Å². The molecule has 30 heavy (non-hydrogen) atoms. The van der Waals surface area contributed by atoms with Gasteiger partial charge in [0, 0.05) is 24.0 Å². The molecular formula is C23H22F3NO3. The van der Waals surface area contributed by atoms with Crippen molar-refractivity contribution < 1.29 is 27.4 Å². The first-order chi connectivity index (χ1) is 14.4. The summed E-state index contributed by atoms with van der Waals surface area (Å²) in [6, 6.07) is 3.37. The van der Waals surface area contributed by atoms with E-state index in [1.54, 1.807) is 0 Å². The fourth-order valence-electron chi connectivity index (χ4n) is 4.76. The van der Waals surface area contributed by atoms with Gasteiger partial charge in [0.05, 0.1) is 30.4 Å². The first-order valence-corrected chi connectivity index (χ1v) is 10.3. The Labute approximate surface area is 172 Å². The van der Waals surface area contributed by atoms with Gasteiger partial charge in [0.25, 0.3) is 0 Å². The number of benzene rings is 1. The number of hydrogen-bond donors (Lipinski definition) is 1. The third-order valence-corrected chi connectivity index (χ3v) is 6.26. The van der Waals surface area contributed by atoms with Crippen molar-refractivity contribution in [3.63, 3.8) is 0 Å². The zero-order chi connectivity index (χ0) is 20.9. The average Bonchev–Trinajstić information content (AvgIpc) is 3.51. The highest BCUT2D eigenvalue weighted by Crippen LogP contribution is 2.46. The predicted molar refractivity (Wildman–Crippen MR) is 105 cm³/mol. The van der Waals surface area contributed by atoms with Crippen LogP contribution in [0.15, 0.2) is 48.1 Å². The van der Waals surface area contributed by atoms with Crippen molar-refractivity contribution in [2.75, 3.05) is 6.61 Å². The molecule has 0 bridgehead atoms. The molecule has 1 aromatic carbocycles. The maximum atomic E-state index is 13.0. The lowest BCUT2D eigenvalue weighted by Crippen LogP contribution is -2.42. The van der Waals surface area contributed by atoms with Crippen LogP contribution < -0.4 is 10.1 Å². The van der Waals surface area contributed by atoms with Crippen molar-refractivity contribution >= 4 is 11.5 Å². The number of amides is 1. The van der Waals surface area contributed by atoms with Gasteiger partial charge in [0.15, 0.2) is 0 Å². The molecule has 2 fully saturated rings. The smallest absolute Gasteiger partial charge is 0.416 e. The Balaban J connectivity index is 1.38. The lowest BCUT2D eigenvalue weighted by molar-refractivity contribution is -0.137. The Bertz CT molecular complexity index is 963. The lowest BCUT2D eigenvalue weighted by Gasteiger charge is -2.31. The third-order valence-electron chi connectivity index (χ3n) is 6.26. The molecule has 1 saturated heterocycles. The summed E-state index contributed by atoms with van der Waals surface area (Å²) in [6.07, 6.45) is 6.62. The molecule has 4 aliphatic rings. The van der Waals surface area contributed by atoms with Gasteiger partial charge in [-0.1, -0.05) is 24.3 Å². The number of carbonyl (C=O) groups excluding carboxylic acids is 1. The van der Waals surface area contributed by atoms with E-state index in [0.29, 0.717) is 36.5 Å². The molecule has 4 nitrogen and oxygen atoms in total. The zero-order valence-electron chi connectivity index (χ0n) is 16.2. The Hall–Kier alpha value is -2.54. The van der Waals surface area contributed by atoms with Gasteiger partial charge in [-0.3, -0.25) is 4.79 Å². The molecule has 2 heterocycles. The van der Waals surface area contributed by atoms with Gasteiger partial charge < -0.3 is 14.8 Å². The Kier molecular flexibility index (Phi) is 4.73. The third kappa shape index (κ3) is 3.67. The summed E-state index contributed by atoms with van der Waals surface area (Å²) in [7, 11) is 0. The van der Waals surface area contributed by atoms with Gasteiger partial charge in [-0.15, -0.1) is 0 Å². The van der Waals surface area contributed by atoms with Crippen molar-refractivity contribution in [2.45, 2.75) is 50.1 Å². The molecule has 2 aliphatic heterocycles. The monoisotopic (exact) mass is 417 g/mol. The minimum atomic E-state index is -4.44. The van der Waals surface area contributed by atoms with Crippen LogP contribution in [0.4, 0.5) is 13.2 Å². The van der Waals surface area contributed by atoms with E-state index < -0.39 is 11.7 Å². The molecule has 158 valence electrons. The summed E-state index contributed by atoms with van der Waals surface area (Å²) in [5.74, 6) is 0.254. The number of carbonyl (C=O) groups is 1. The minimum Gasteiger partial charge on any atom is -0.493 e. The quantitative estimate of drug-likeness (QED) is 0.573. The lowest BCUT2D eigenvalue weighted by atomic mass is 9.77. The molecule has 5 rings (SSSR count). The molecule has 4 unspecified atom stereocenters. The molecule has 0 aromatic heterocycles. The maximum absolute atomic E-state index is 13.0. The Morgan fingerprint density at radius 3 is 2.97 bits per heavy atom. The van der Waals surface area contributed by atoms with E-state index in [-0.39, 0.29) is 29.9 Å². The first kappa shape index (κ1) is 19.4.